The van der Waals surface area contributed by atoms with Crippen molar-refractivity contribution in [3.8, 4) is 0 Å². The number of piperidine rings is 1. The molecule has 0 spiro atoms. The Kier molecular flexibility index (Phi) is 8.57. The van der Waals surface area contributed by atoms with Crippen molar-refractivity contribution < 1.29 is 4.79 Å². The predicted octanol–water partition coefficient (Wildman–Crippen LogP) is 5.12. The van der Waals surface area contributed by atoms with Gasteiger partial charge in [-0.2, -0.15) is 0 Å². The minimum Gasteiger partial charge on any atom is -0.328 e. The molecule has 0 aliphatic carbocycles. The van der Waals surface area contributed by atoms with Gasteiger partial charge in [0.15, 0.2) is 5.82 Å². The quantitative estimate of drug-likeness (QED) is 0.652. The van der Waals surface area contributed by atoms with E-state index in [-0.39, 0.29) is 11.9 Å². The Labute approximate surface area is 171 Å². The molecule has 2 aromatic heterocycles. The van der Waals surface area contributed by atoms with Crippen LogP contribution in [0, 0.1) is 12.8 Å². The molecule has 152 valence electrons. The van der Waals surface area contributed by atoms with Crippen LogP contribution in [-0.4, -0.2) is 37.6 Å². The van der Waals surface area contributed by atoms with Crippen LogP contribution in [0.1, 0.15) is 73.6 Å². The Bertz CT molecular complexity index is 792. The summed E-state index contributed by atoms with van der Waals surface area (Å²) >= 11 is 1.50. The van der Waals surface area contributed by atoms with Gasteiger partial charge in [-0.1, -0.05) is 32.9 Å². The van der Waals surface area contributed by atoms with E-state index in [0.717, 1.165) is 42.7 Å². The van der Waals surface area contributed by atoms with Crippen LogP contribution >= 0.6 is 11.3 Å². The van der Waals surface area contributed by atoms with Crippen LogP contribution in [0.2, 0.25) is 0 Å². The summed E-state index contributed by atoms with van der Waals surface area (Å²) in [7, 11) is 0. The molecule has 6 nitrogen and oxygen atoms in total. The molecule has 0 saturated carbocycles. The molecule has 1 saturated heterocycles. The molecule has 2 aromatic rings. The molecule has 1 aliphatic heterocycles. The van der Waals surface area contributed by atoms with Gasteiger partial charge in [0.05, 0.1) is 10.9 Å². The third-order valence-electron chi connectivity index (χ3n) is 4.45. The van der Waals surface area contributed by atoms with Crippen molar-refractivity contribution in [1.29, 1.82) is 0 Å². The Morgan fingerprint density at radius 1 is 1.43 bits per heavy atom. The number of rotatable bonds is 5. The number of thiophene rings is 1. The first-order valence-electron chi connectivity index (χ1n) is 9.91. The molecule has 1 unspecified atom stereocenters. The molecule has 3 heterocycles. The molecule has 7 heteroatoms. The van der Waals surface area contributed by atoms with Gasteiger partial charge in [-0.05, 0) is 60.7 Å². The summed E-state index contributed by atoms with van der Waals surface area (Å²) in [5, 5.41) is 14.7. The van der Waals surface area contributed by atoms with Gasteiger partial charge in [-0.25, -0.2) is 0 Å². The zero-order valence-corrected chi connectivity index (χ0v) is 18.2. The first-order chi connectivity index (χ1) is 13.5. The highest BCUT2D eigenvalue weighted by molar-refractivity contribution is 7.12. The lowest BCUT2D eigenvalue weighted by molar-refractivity contribution is 0.0604. The SMILES string of the molecule is C=CCC.Cc1ccsc1C(=O)N1CCCCC1c1nnn(/C=C/C(C)C)n1. The maximum absolute atomic E-state index is 12.9. The van der Waals surface area contributed by atoms with Crippen LogP contribution in [-0.2, 0) is 0 Å². The van der Waals surface area contributed by atoms with Crippen LogP contribution in [0.3, 0.4) is 0 Å². The molecular weight excluding hydrogens is 370 g/mol. The maximum atomic E-state index is 12.9. The van der Waals surface area contributed by atoms with Crippen molar-refractivity contribution in [2.24, 2.45) is 5.92 Å². The second kappa shape index (κ2) is 10.9. The summed E-state index contributed by atoms with van der Waals surface area (Å²) in [6.45, 7) is 12.5. The fourth-order valence-electron chi connectivity index (χ4n) is 2.85. The van der Waals surface area contributed by atoms with E-state index in [1.807, 2.05) is 41.6 Å². The number of hydrogen-bond donors (Lipinski definition) is 0. The van der Waals surface area contributed by atoms with E-state index in [1.165, 1.54) is 16.1 Å². The number of carbonyl (C=O) groups excluding carboxylic acids is 1. The molecule has 1 amide bonds. The van der Waals surface area contributed by atoms with Crippen LogP contribution in [0.5, 0.6) is 0 Å². The average molecular weight is 402 g/mol. The molecule has 0 N–H and O–H groups in total. The third kappa shape index (κ3) is 5.86. The molecule has 0 radical (unpaired) electrons. The zero-order valence-electron chi connectivity index (χ0n) is 17.3. The van der Waals surface area contributed by atoms with Crippen LogP contribution < -0.4 is 0 Å². The summed E-state index contributed by atoms with van der Waals surface area (Å²) < 4.78 is 0. The predicted molar refractivity (Wildman–Crippen MR) is 115 cm³/mol. The number of carbonyl (C=O) groups is 1. The van der Waals surface area contributed by atoms with Crippen LogP contribution in [0.15, 0.2) is 30.2 Å². The number of likely N-dealkylation sites (tertiary alicyclic amines) is 1. The van der Waals surface area contributed by atoms with Gasteiger partial charge in [0, 0.05) is 12.7 Å². The molecule has 1 atom stereocenters. The van der Waals surface area contributed by atoms with Crippen molar-refractivity contribution in [2.45, 2.75) is 59.4 Å². The Morgan fingerprint density at radius 2 is 2.18 bits per heavy atom. The van der Waals surface area contributed by atoms with E-state index < -0.39 is 0 Å². The lowest BCUT2D eigenvalue weighted by Crippen LogP contribution is -2.39. The van der Waals surface area contributed by atoms with Gasteiger partial charge >= 0.3 is 0 Å². The third-order valence-corrected chi connectivity index (χ3v) is 5.46. The van der Waals surface area contributed by atoms with Crippen molar-refractivity contribution in [2.75, 3.05) is 6.54 Å². The fourth-order valence-corrected chi connectivity index (χ4v) is 3.73. The topological polar surface area (TPSA) is 63.9 Å². The molecule has 0 bridgehead atoms. The van der Waals surface area contributed by atoms with Gasteiger partial charge in [0.1, 0.15) is 0 Å². The first-order valence-corrected chi connectivity index (χ1v) is 10.8. The lowest BCUT2D eigenvalue weighted by atomic mass is 10.0. The van der Waals surface area contributed by atoms with Crippen molar-refractivity contribution in [1.82, 2.24) is 25.1 Å². The smallest absolute Gasteiger partial charge is 0.264 e. The van der Waals surface area contributed by atoms with Gasteiger partial charge in [0.25, 0.3) is 5.91 Å². The molecule has 0 aromatic carbocycles. The largest absolute Gasteiger partial charge is 0.328 e. The minimum absolute atomic E-state index is 0.0845. The number of aromatic nitrogens is 4. The van der Waals surface area contributed by atoms with Crippen LogP contribution in [0.25, 0.3) is 6.20 Å². The van der Waals surface area contributed by atoms with E-state index in [9.17, 15) is 4.79 Å². The second-order valence-corrected chi connectivity index (χ2v) is 8.11. The van der Waals surface area contributed by atoms with Gasteiger partial charge in [0.2, 0.25) is 0 Å². The second-order valence-electron chi connectivity index (χ2n) is 7.19. The monoisotopic (exact) mass is 401 g/mol. The standard InChI is InChI=1S/C17H23N5OS.C4H8/c1-12(2)7-10-22-19-16(18-20-22)14-6-4-5-9-21(14)17(23)15-13(3)8-11-24-15;1-3-4-2/h7-8,10-12,14H,4-6,9H2,1-3H3;3H,1,4H2,2H3/b10-7+;. The number of aryl methyl sites for hydroxylation is 1. The van der Waals surface area contributed by atoms with Gasteiger partial charge < -0.3 is 4.90 Å². The van der Waals surface area contributed by atoms with Crippen molar-refractivity contribution in [3.63, 3.8) is 0 Å². The van der Waals surface area contributed by atoms with Crippen molar-refractivity contribution >= 4 is 23.4 Å². The van der Waals surface area contributed by atoms with Crippen LogP contribution in [0.4, 0.5) is 0 Å². The van der Waals surface area contributed by atoms with E-state index in [4.69, 9.17) is 0 Å². The maximum Gasteiger partial charge on any atom is 0.264 e. The highest BCUT2D eigenvalue weighted by atomic mass is 32.1. The van der Waals surface area contributed by atoms with E-state index in [2.05, 4.69) is 42.8 Å². The Hall–Kier alpha value is -2.28. The molecular formula is C21H31N5OS. The molecule has 3 rings (SSSR count). The van der Waals surface area contributed by atoms with E-state index in [0.29, 0.717) is 11.7 Å². The number of amides is 1. The van der Waals surface area contributed by atoms with Crippen molar-refractivity contribution in [3.05, 3.63) is 46.4 Å². The van der Waals surface area contributed by atoms with Gasteiger partial charge in [-0.3, -0.25) is 4.79 Å². The summed E-state index contributed by atoms with van der Waals surface area (Å²) in [4.78, 5) is 17.1. The number of hydrogen-bond acceptors (Lipinski definition) is 5. The molecule has 1 aliphatic rings. The normalized spacial score (nSPS) is 16.9. The molecule has 28 heavy (non-hydrogen) atoms. The highest BCUT2D eigenvalue weighted by Gasteiger charge is 2.32. The summed E-state index contributed by atoms with van der Waals surface area (Å²) in [6, 6.07) is 1.90. The lowest BCUT2D eigenvalue weighted by Gasteiger charge is -2.33. The van der Waals surface area contributed by atoms with Gasteiger partial charge in [-0.15, -0.1) is 32.9 Å². The summed E-state index contributed by atoms with van der Waals surface area (Å²) in [5.74, 6) is 1.14. The average Bonchev–Trinajstić information content (AvgIpc) is 3.35. The zero-order chi connectivity index (χ0) is 20.5. The highest BCUT2D eigenvalue weighted by Crippen LogP contribution is 2.31. The number of allylic oxidation sites excluding steroid dienone is 2. The Morgan fingerprint density at radius 3 is 2.79 bits per heavy atom. The van der Waals surface area contributed by atoms with E-state index >= 15 is 0 Å². The number of nitrogens with zero attached hydrogens (tertiary/aromatic N) is 5. The summed E-state index contributed by atoms with van der Waals surface area (Å²) in [5.41, 5.74) is 1.03. The fraction of sp³-hybridized carbons (Fsp3) is 0.524. The molecule has 1 fully saturated rings. The Balaban J connectivity index is 0.000000640. The number of tetrazole rings is 1. The summed E-state index contributed by atoms with van der Waals surface area (Å²) in [6.07, 6.45) is 9.78. The first kappa shape index (κ1) is 22.0. The minimum atomic E-state index is -0.0889. The van der Waals surface area contributed by atoms with E-state index in [1.54, 1.807) is 0 Å².